The summed E-state index contributed by atoms with van der Waals surface area (Å²) in [6.07, 6.45) is 2.56. The van der Waals surface area contributed by atoms with E-state index in [2.05, 4.69) is 57.4 Å². The predicted molar refractivity (Wildman–Crippen MR) is 108 cm³/mol. The fourth-order valence-electron chi connectivity index (χ4n) is 3.70. The van der Waals surface area contributed by atoms with Crippen molar-refractivity contribution in [2.75, 3.05) is 26.2 Å². The van der Waals surface area contributed by atoms with Gasteiger partial charge in [0.1, 0.15) is 10.5 Å². The van der Waals surface area contributed by atoms with Gasteiger partial charge in [0.15, 0.2) is 0 Å². The summed E-state index contributed by atoms with van der Waals surface area (Å²) in [6.45, 7) is 6.83. The lowest BCUT2D eigenvalue weighted by atomic mass is 10.1. The summed E-state index contributed by atoms with van der Waals surface area (Å²) in [4.78, 5) is 16.4. The number of benzene rings is 1. The molecule has 0 spiro atoms. The number of carbonyl (C=O) groups is 1. The third kappa shape index (κ3) is 3.55. The molecule has 1 amide bonds. The van der Waals surface area contributed by atoms with Gasteiger partial charge in [0, 0.05) is 25.0 Å². The van der Waals surface area contributed by atoms with Crippen molar-refractivity contribution in [1.82, 2.24) is 14.8 Å². The van der Waals surface area contributed by atoms with Gasteiger partial charge < -0.3 is 14.8 Å². The molecule has 1 fully saturated rings. The minimum atomic E-state index is 0.0289. The van der Waals surface area contributed by atoms with E-state index in [1.165, 1.54) is 24.0 Å². The number of hydrogen-bond donors (Lipinski definition) is 1. The standard InChI is InChI=1S/C21H25N3OS/c1-16-6-2-3-7-18(16)15-24-19(14-17-8-13-26-21(17)24)20(25)22-9-12-23-10-4-5-11-23/h2-3,6-8,13-14H,4-5,9-12,15H2,1H3,(H,22,25). The van der Waals surface area contributed by atoms with Gasteiger partial charge in [-0.15, -0.1) is 11.3 Å². The van der Waals surface area contributed by atoms with Crippen LogP contribution in [0, 0.1) is 6.92 Å². The minimum absolute atomic E-state index is 0.0289. The number of rotatable bonds is 6. The Bertz CT molecular complexity index is 905. The summed E-state index contributed by atoms with van der Waals surface area (Å²) < 4.78 is 2.16. The van der Waals surface area contributed by atoms with Crippen LogP contribution in [0.1, 0.15) is 34.5 Å². The lowest BCUT2D eigenvalue weighted by molar-refractivity contribution is 0.0941. The van der Waals surface area contributed by atoms with Crippen molar-refractivity contribution in [3.05, 3.63) is 58.6 Å². The highest BCUT2D eigenvalue weighted by Crippen LogP contribution is 2.27. The third-order valence-electron chi connectivity index (χ3n) is 5.24. The molecule has 1 N–H and O–H groups in total. The normalized spacial score (nSPS) is 15.0. The van der Waals surface area contributed by atoms with Gasteiger partial charge in [-0.05, 0) is 61.5 Å². The molecule has 0 bridgehead atoms. The summed E-state index contributed by atoms with van der Waals surface area (Å²) in [6, 6.07) is 12.5. The zero-order chi connectivity index (χ0) is 17.9. The van der Waals surface area contributed by atoms with Gasteiger partial charge >= 0.3 is 0 Å². The average molecular weight is 368 g/mol. The zero-order valence-corrected chi connectivity index (χ0v) is 16.0. The Morgan fingerprint density at radius 3 is 2.81 bits per heavy atom. The molecule has 1 aromatic carbocycles. The molecule has 0 atom stereocenters. The number of amides is 1. The highest BCUT2D eigenvalue weighted by Gasteiger charge is 2.18. The number of likely N-dealkylation sites (tertiary alicyclic amines) is 1. The van der Waals surface area contributed by atoms with Crippen molar-refractivity contribution < 1.29 is 4.79 Å². The minimum Gasteiger partial charge on any atom is -0.349 e. The molecular formula is C21H25N3OS. The molecule has 4 rings (SSSR count). The number of fused-ring (bicyclic) bond motifs is 1. The maximum absolute atomic E-state index is 12.8. The SMILES string of the molecule is Cc1ccccc1Cn1c(C(=O)NCCN2CCCC2)cc2ccsc21. The number of thiophene rings is 1. The van der Waals surface area contributed by atoms with Crippen LogP contribution in [0.2, 0.25) is 0 Å². The first kappa shape index (κ1) is 17.3. The Morgan fingerprint density at radius 2 is 2.00 bits per heavy atom. The van der Waals surface area contributed by atoms with Crippen LogP contribution < -0.4 is 5.32 Å². The zero-order valence-electron chi connectivity index (χ0n) is 15.2. The van der Waals surface area contributed by atoms with Gasteiger partial charge in [0.25, 0.3) is 5.91 Å². The van der Waals surface area contributed by atoms with Gasteiger partial charge in [-0.25, -0.2) is 0 Å². The molecular weight excluding hydrogens is 342 g/mol. The Labute approximate surface area is 158 Å². The second-order valence-corrected chi connectivity index (χ2v) is 7.92. The van der Waals surface area contributed by atoms with Crippen molar-refractivity contribution >= 4 is 27.5 Å². The summed E-state index contributed by atoms with van der Waals surface area (Å²) in [7, 11) is 0. The summed E-state index contributed by atoms with van der Waals surface area (Å²) in [5.41, 5.74) is 3.27. The number of carbonyl (C=O) groups excluding carboxylic acids is 1. The van der Waals surface area contributed by atoms with Crippen LogP contribution in [0.3, 0.4) is 0 Å². The molecule has 0 radical (unpaired) electrons. The molecule has 0 aliphatic carbocycles. The molecule has 136 valence electrons. The average Bonchev–Trinajstić information content (AvgIpc) is 3.35. The highest BCUT2D eigenvalue weighted by atomic mass is 32.1. The molecule has 3 heterocycles. The van der Waals surface area contributed by atoms with E-state index in [0.29, 0.717) is 6.54 Å². The Hall–Kier alpha value is -2.11. The lowest BCUT2D eigenvalue weighted by Crippen LogP contribution is -2.34. The van der Waals surface area contributed by atoms with Crippen LogP contribution in [0.4, 0.5) is 0 Å². The molecule has 3 aromatic rings. The molecule has 1 aliphatic rings. The molecule has 0 saturated carbocycles. The second-order valence-electron chi connectivity index (χ2n) is 7.03. The number of nitrogens with one attached hydrogen (secondary N) is 1. The maximum atomic E-state index is 12.8. The maximum Gasteiger partial charge on any atom is 0.268 e. The van der Waals surface area contributed by atoms with Crippen LogP contribution in [0.15, 0.2) is 41.8 Å². The molecule has 4 nitrogen and oxygen atoms in total. The van der Waals surface area contributed by atoms with E-state index in [4.69, 9.17) is 0 Å². The summed E-state index contributed by atoms with van der Waals surface area (Å²) in [5, 5.41) is 6.36. The predicted octanol–water partition coefficient (Wildman–Crippen LogP) is 3.89. The number of nitrogens with zero attached hydrogens (tertiary/aromatic N) is 2. The van der Waals surface area contributed by atoms with E-state index in [0.717, 1.165) is 42.1 Å². The second kappa shape index (κ2) is 7.64. The smallest absolute Gasteiger partial charge is 0.268 e. The van der Waals surface area contributed by atoms with Gasteiger partial charge in [-0.3, -0.25) is 4.79 Å². The van der Waals surface area contributed by atoms with E-state index in [1.54, 1.807) is 11.3 Å². The Balaban J connectivity index is 1.53. The fraction of sp³-hybridized carbons (Fsp3) is 0.381. The monoisotopic (exact) mass is 367 g/mol. The van der Waals surface area contributed by atoms with E-state index < -0.39 is 0 Å². The van der Waals surface area contributed by atoms with E-state index in [9.17, 15) is 4.79 Å². The molecule has 26 heavy (non-hydrogen) atoms. The van der Waals surface area contributed by atoms with Crippen molar-refractivity contribution in [3.63, 3.8) is 0 Å². The highest BCUT2D eigenvalue weighted by molar-refractivity contribution is 7.16. The number of hydrogen-bond acceptors (Lipinski definition) is 3. The quantitative estimate of drug-likeness (QED) is 0.718. The first-order valence-corrected chi connectivity index (χ1v) is 10.2. The Morgan fingerprint density at radius 1 is 1.19 bits per heavy atom. The van der Waals surface area contributed by atoms with Crippen LogP contribution in [-0.4, -0.2) is 41.6 Å². The van der Waals surface area contributed by atoms with Gasteiger partial charge in [0.2, 0.25) is 0 Å². The molecule has 1 saturated heterocycles. The summed E-state index contributed by atoms with van der Waals surface area (Å²) >= 11 is 1.70. The van der Waals surface area contributed by atoms with E-state index in [-0.39, 0.29) is 5.91 Å². The van der Waals surface area contributed by atoms with E-state index >= 15 is 0 Å². The fourth-order valence-corrected chi connectivity index (χ4v) is 4.60. The number of aryl methyl sites for hydroxylation is 1. The Kier molecular flexibility index (Phi) is 5.09. The molecule has 2 aromatic heterocycles. The van der Waals surface area contributed by atoms with Gasteiger partial charge in [-0.2, -0.15) is 0 Å². The van der Waals surface area contributed by atoms with Crippen molar-refractivity contribution in [3.8, 4) is 0 Å². The van der Waals surface area contributed by atoms with Crippen molar-refractivity contribution in [2.24, 2.45) is 0 Å². The van der Waals surface area contributed by atoms with Gasteiger partial charge in [0.05, 0.1) is 0 Å². The van der Waals surface area contributed by atoms with Crippen LogP contribution in [-0.2, 0) is 6.54 Å². The van der Waals surface area contributed by atoms with Crippen LogP contribution in [0.5, 0.6) is 0 Å². The number of aromatic nitrogens is 1. The van der Waals surface area contributed by atoms with Gasteiger partial charge in [-0.1, -0.05) is 24.3 Å². The molecule has 1 aliphatic heterocycles. The lowest BCUT2D eigenvalue weighted by Gasteiger charge is -2.16. The van der Waals surface area contributed by atoms with Crippen LogP contribution in [0.25, 0.3) is 10.2 Å². The first-order chi connectivity index (χ1) is 12.7. The van der Waals surface area contributed by atoms with Crippen LogP contribution >= 0.6 is 11.3 Å². The van der Waals surface area contributed by atoms with Crippen molar-refractivity contribution in [1.29, 1.82) is 0 Å². The van der Waals surface area contributed by atoms with E-state index in [1.807, 2.05) is 6.07 Å². The first-order valence-electron chi connectivity index (χ1n) is 9.34. The summed E-state index contributed by atoms with van der Waals surface area (Å²) in [5.74, 6) is 0.0289. The third-order valence-corrected chi connectivity index (χ3v) is 6.19. The molecule has 5 heteroatoms. The topological polar surface area (TPSA) is 37.3 Å². The molecule has 0 unspecified atom stereocenters. The largest absolute Gasteiger partial charge is 0.349 e. The van der Waals surface area contributed by atoms with Crippen molar-refractivity contribution in [2.45, 2.75) is 26.3 Å².